The highest BCUT2D eigenvalue weighted by Crippen LogP contribution is 2.61. The third-order valence-corrected chi connectivity index (χ3v) is 18.0. The second-order valence-corrected chi connectivity index (χ2v) is 23.4. The molecule has 2 aromatic carbocycles. The van der Waals surface area contributed by atoms with Gasteiger partial charge in [-0.1, -0.05) is 108 Å². The largest absolute Gasteiger partial charge is 0.419 e. The average Bonchev–Trinajstić information content (AvgIpc) is 3.54. The maximum absolute atomic E-state index is 13.0. The molecule has 72 heavy (non-hydrogen) atoms. The molecular weight excluding hydrogens is 924 g/mol. The molecule has 12 heteroatoms. The zero-order valence-electron chi connectivity index (χ0n) is 44.5. The molecule has 10 rings (SSSR count). The summed E-state index contributed by atoms with van der Waals surface area (Å²) in [6.07, 6.45) is 21.3. The fourth-order valence-electron chi connectivity index (χ4n) is 13.3. The van der Waals surface area contributed by atoms with Gasteiger partial charge in [-0.2, -0.15) is 4.58 Å². The monoisotopic (exact) mass is 1010 g/mol. The SMILES string of the molecule is CCCCC[N+]1=C(/C=C/C2=C(Cl)C(=C/C=C3/N(CCCCCC(=O)NCCCNC(=O)OC4O[C@@H]5O[C@]6(C)CC[C@H]7[C@H](C)CC[C@@H]([C@H]4C)[C@@]57OO6)c4ccccc4C3(C)C)/CCC2)C(C)(C)c2ccccc21. The molecule has 8 atom stereocenters. The van der Waals surface area contributed by atoms with E-state index in [2.05, 4.69) is 141 Å². The molecule has 390 valence electrons. The van der Waals surface area contributed by atoms with Crippen LogP contribution in [0.1, 0.15) is 163 Å². The van der Waals surface area contributed by atoms with Crippen molar-refractivity contribution in [3.8, 4) is 0 Å². The summed E-state index contributed by atoms with van der Waals surface area (Å²) in [6.45, 7) is 20.6. The Kier molecular flexibility index (Phi) is 16.0. The number of allylic oxidation sites excluding steroid dienone is 8. The van der Waals surface area contributed by atoms with Crippen LogP contribution in [0.15, 0.2) is 94.7 Å². The highest BCUT2D eigenvalue weighted by Gasteiger charge is 2.70. The fourth-order valence-corrected chi connectivity index (χ4v) is 13.6. The summed E-state index contributed by atoms with van der Waals surface area (Å²) in [4.78, 5) is 40.5. The van der Waals surface area contributed by atoms with Gasteiger partial charge in [0.05, 0.1) is 5.41 Å². The van der Waals surface area contributed by atoms with Crippen LogP contribution in [0.3, 0.4) is 0 Å². The third-order valence-electron chi connectivity index (χ3n) is 17.5. The number of unbranched alkanes of at least 4 members (excludes halogenated alkanes) is 4. The first-order chi connectivity index (χ1) is 34.6. The number of halogens is 1. The Hall–Kier alpha value is -4.26. The second kappa shape index (κ2) is 21.9. The van der Waals surface area contributed by atoms with Gasteiger partial charge in [0.15, 0.2) is 17.6 Å². The lowest BCUT2D eigenvalue weighted by atomic mass is 9.58. The molecule has 2 aromatic rings. The van der Waals surface area contributed by atoms with Gasteiger partial charge in [0.1, 0.15) is 6.54 Å². The van der Waals surface area contributed by atoms with Crippen molar-refractivity contribution in [2.24, 2.45) is 23.7 Å². The second-order valence-electron chi connectivity index (χ2n) is 23.1. The van der Waals surface area contributed by atoms with E-state index in [9.17, 15) is 9.59 Å². The van der Waals surface area contributed by atoms with E-state index >= 15 is 0 Å². The Balaban J connectivity index is 0.746. The van der Waals surface area contributed by atoms with Crippen LogP contribution in [0, 0.1) is 23.7 Å². The van der Waals surface area contributed by atoms with Crippen molar-refractivity contribution >= 4 is 40.7 Å². The van der Waals surface area contributed by atoms with Crippen LogP contribution in [0.5, 0.6) is 0 Å². The number of hydrogen-bond donors (Lipinski definition) is 2. The first kappa shape index (κ1) is 52.6. The number of nitrogens with zero attached hydrogens (tertiary/aromatic N) is 2. The maximum atomic E-state index is 13.0. The fraction of sp³-hybridized carbons (Fsp3) is 0.617. The molecule has 8 aliphatic rings. The molecule has 1 unspecified atom stereocenters. The molecule has 5 fully saturated rings. The Morgan fingerprint density at radius 3 is 2.43 bits per heavy atom. The van der Waals surface area contributed by atoms with Crippen LogP contribution in [0.4, 0.5) is 16.2 Å². The number of alkyl carbamates (subject to hydrolysis) is 1. The van der Waals surface area contributed by atoms with Crippen LogP contribution < -0.4 is 15.5 Å². The molecule has 6 heterocycles. The van der Waals surface area contributed by atoms with Crippen molar-refractivity contribution < 1.29 is 38.2 Å². The molecule has 6 aliphatic heterocycles. The van der Waals surface area contributed by atoms with E-state index in [1.165, 1.54) is 64.3 Å². The maximum Gasteiger partial charge on any atom is 0.409 e. The summed E-state index contributed by atoms with van der Waals surface area (Å²) in [6, 6.07) is 17.6. The molecule has 1 saturated carbocycles. The number of fused-ring (bicyclic) bond motifs is 4. The molecule has 2 N–H and O–H groups in total. The Morgan fingerprint density at radius 2 is 1.61 bits per heavy atom. The molecule has 4 saturated heterocycles. The number of ether oxygens (including phenoxy) is 3. The summed E-state index contributed by atoms with van der Waals surface area (Å²) in [5.74, 6) is -0.193. The molecule has 0 aromatic heterocycles. The molecule has 0 radical (unpaired) electrons. The quantitative estimate of drug-likeness (QED) is 0.0863. The van der Waals surface area contributed by atoms with Crippen LogP contribution >= 0.6 is 11.6 Å². The summed E-state index contributed by atoms with van der Waals surface area (Å²) in [7, 11) is 0. The van der Waals surface area contributed by atoms with E-state index in [-0.39, 0.29) is 34.5 Å². The summed E-state index contributed by atoms with van der Waals surface area (Å²) in [5, 5.41) is 6.78. The van der Waals surface area contributed by atoms with Crippen molar-refractivity contribution in [2.45, 2.75) is 187 Å². The van der Waals surface area contributed by atoms with Gasteiger partial charge in [0, 0.05) is 90.3 Å². The highest BCUT2D eigenvalue weighted by atomic mass is 35.5. The topological polar surface area (TPSA) is 111 Å². The van der Waals surface area contributed by atoms with Crippen LogP contribution in [-0.2, 0) is 39.6 Å². The van der Waals surface area contributed by atoms with Crippen LogP contribution in [0.2, 0.25) is 0 Å². The van der Waals surface area contributed by atoms with Crippen molar-refractivity contribution in [3.63, 3.8) is 0 Å². The molecule has 2 amide bonds. The summed E-state index contributed by atoms with van der Waals surface area (Å²) < 4.78 is 21.2. The minimum atomic E-state index is -0.890. The zero-order chi connectivity index (χ0) is 50.8. The van der Waals surface area contributed by atoms with Crippen molar-refractivity contribution in [3.05, 3.63) is 106 Å². The lowest BCUT2D eigenvalue weighted by Crippen LogP contribution is -2.70. The number of rotatable bonds is 18. The van der Waals surface area contributed by atoms with E-state index < -0.39 is 30.1 Å². The van der Waals surface area contributed by atoms with Gasteiger partial charge in [-0.15, -0.1) is 0 Å². The van der Waals surface area contributed by atoms with Crippen LogP contribution in [0.25, 0.3) is 0 Å². The summed E-state index contributed by atoms with van der Waals surface area (Å²) in [5.41, 5.74) is 9.34. The first-order valence-electron chi connectivity index (χ1n) is 27.6. The number of amides is 2. The third kappa shape index (κ3) is 10.3. The Morgan fingerprint density at radius 1 is 0.833 bits per heavy atom. The molecule has 2 aliphatic carbocycles. The predicted molar refractivity (Wildman–Crippen MR) is 285 cm³/mol. The van der Waals surface area contributed by atoms with E-state index in [1.54, 1.807) is 0 Å². The lowest BCUT2D eigenvalue weighted by molar-refractivity contribution is -0.576. The van der Waals surface area contributed by atoms with Gasteiger partial charge in [-0.3, -0.25) is 4.79 Å². The standard InChI is InChI=1S/C60H81ClN4O7/c1-9-10-17-38-64-48-25-15-13-23-46(48)57(4,5)50(64)32-29-42-21-19-22-43(53(42)61)30-33-51-58(6,7)47-24-14-16-26-49(47)65(51)39-18-11-12-27-52(66)62-36-20-37-63-56(67)69-54-41(3)45-31-28-40(2)44-34-35-59(8)70-55(68-54)60(44,45)72-71-59/h13-16,23-26,29-30,32-33,40-41,44-45,54-55H,9-12,17-22,27-28,31,34-39H2,1-8H3,(H-,62,63,66,67)/p+1/t40-,41-,44+,45+,54?,55-,59+,60-/m1/s1. The van der Waals surface area contributed by atoms with Gasteiger partial charge in [0.25, 0.3) is 0 Å². The van der Waals surface area contributed by atoms with Gasteiger partial charge >= 0.3 is 6.09 Å². The lowest BCUT2D eigenvalue weighted by Gasteiger charge is -2.59. The average molecular weight is 1010 g/mol. The number of anilines is 1. The number of carbonyl (C=O) groups is 2. The van der Waals surface area contributed by atoms with Gasteiger partial charge in [-0.25, -0.2) is 14.6 Å². The van der Waals surface area contributed by atoms with Crippen molar-refractivity contribution in [1.29, 1.82) is 0 Å². The Bertz CT molecular complexity index is 2490. The molecule has 11 nitrogen and oxygen atoms in total. The molecule has 2 bridgehead atoms. The summed E-state index contributed by atoms with van der Waals surface area (Å²) >= 11 is 7.33. The van der Waals surface area contributed by atoms with E-state index in [4.69, 9.17) is 35.6 Å². The van der Waals surface area contributed by atoms with E-state index in [0.29, 0.717) is 31.8 Å². The highest BCUT2D eigenvalue weighted by molar-refractivity contribution is 6.32. The predicted octanol–water partition coefficient (Wildman–Crippen LogP) is 13.1. The van der Waals surface area contributed by atoms with Crippen molar-refractivity contribution in [1.82, 2.24) is 10.6 Å². The zero-order valence-corrected chi connectivity index (χ0v) is 45.2. The molecule has 1 spiro atoms. The number of nitrogens with one attached hydrogen (secondary N) is 2. The smallest absolute Gasteiger partial charge is 0.409 e. The number of benzene rings is 2. The minimum absolute atomic E-state index is 0.0278. The minimum Gasteiger partial charge on any atom is -0.419 e. The van der Waals surface area contributed by atoms with Crippen LogP contribution in [-0.4, -0.2) is 72.4 Å². The van der Waals surface area contributed by atoms with E-state index in [1.807, 2.05) is 6.92 Å². The van der Waals surface area contributed by atoms with E-state index in [0.717, 1.165) is 82.3 Å². The number of para-hydroxylation sites is 2. The number of hydrogen-bond acceptors (Lipinski definition) is 8. The van der Waals surface area contributed by atoms with Gasteiger partial charge < -0.3 is 29.7 Å². The normalized spacial score (nSPS) is 31.2. The Labute approximate surface area is 434 Å². The van der Waals surface area contributed by atoms with Crippen molar-refractivity contribution in [2.75, 3.05) is 31.1 Å². The van der Waals surface area contributed by atoms with Gasteiger partial charge in [-0.05, 0) is 126 Å². The van der Waals surface area contributed by atoms with Gasteiger partial charge in [0.2, 0.25) is 23.7 Å². The number of carbonyl (C=O) groups excluding carboxylic acids is 2. The first-order valence-corrected chi connectivity index (χ1v) is 28.0. The molecular formula is C60H82ClN4O7+.